The number of anilines is 2. The molecule has 0 radical (unpaired) electrons. The summed E-state index contributed by atoms with van der Waals surface area (Å²) in [6, 6.07) is 8.05. The van der Waals surface area contributed by atoms with E-state index in [1.165, 1.54) is 38.5 Å². The highest BCUT2D eigenvalue weighted by atomic mass is 16.2. The number of hydrogen-bond donors (Lipinski definition) is 2. The van der Waals surface area contributed by atoms with Gasteiger partial charge in [-0.1, -0.05) is 25.0 Å². The van der Waals surface area contributed by atoms with Crippen LogP contribution in [0.5, 0.6) is 0 Å². The molecule has 1 heterocycles. The molecule has 2 aliphatic rings. The van der Waals surface area contributed by atoms with E-state index in [0.29, 0.717) is 18.3 Å². The first kappa shape index (κ1) is 14.4. The van der Waals surface area contributed by atoms with Gasteiger partial charge in [-0.25, -0.2) is 0 Å². The van der Waals surface area contributed by atoms with Crippen LogP contribution in [0.4, 0.5) is 11.4 Å². The highest BCUT2D eigenvalue weighted by Crippen LogP contribution is 2.35. The molecule has 0 bridgehead atoms. The zero-order valence-corrected chi connectivity index (χ0v) is 12.6. The first-order valence-electron chi connectivity index (χ1n) is 8.12. The van der Waals surface area contributed by atoms with Gasteiger partial charge in [-0.3, -0.25) is 9.69 Å². The molecule has 2 atom stereocenters. The fourth-order valence-corrected chi connectivity index (χ4v) is 3.91. The Hall–Kier alpha value is -1.55. The highest BCUT2D eigenvalue weighted by molar-refractivity contribution is 5.95. The molecular formula is C17H25N3O. The number of rotatable bonds is 3. The summed E-state index contributed by atoms with van der Waals surface area (Å²) in [6.45, 7) is 1.55. The molecular weight excluding hydrogens is 262 g/mol. The van der Waals surface area contributed by atoms with Crippen LogP contribution in [-0.2, 0) is 4.79 Å². The van der Waals surface area contributed by atoms with Gasteiger partial charge >= 0.3 is 0 Å². The Kier molecular flexibility index (Phi) is 4.44. The van der Waals surface area contributed by atoms with Gasteiger partial charge in [0.25, 0.3) is 0 Å². The Morgan fingerprint density at radius 3 is 2.81 bits per heavy atom. The molecule has 1 aliphatic heterocycles. The van der Waals surface area contributed by atoms with E-state index < -0.39 is 0 Å². The minimum absolute atomic E-state index is 0.0547. The zero-order valence-electron chi connectivity index (χ0n) is 12.6. The first-order valence-corrected chi connectivity index (χ1v) is 8.12. The molecule has 2 unspecified atom stereocenters. The minimum Gasteiger partial charge on any atom is -0.397 e. The molecule has 4 heteroatoms. The van der Waals surface area contributed by atoms with Crippen LogP contribution in [0.15, 0.2) is 24.3 Å². The van der Waals surface area contributed by atoms with E-state index in [2.05, 4.69) is 10.2 Å². The maximum Gasteiger partial charge on any atom is 0.238 e. The Morgan fingerprint density at radius 2 is 1.95 bits per heavy atom. The Balaban J connectivity index is 1.60. The second-order valence-corrected chi connectivity index (χ2v) is 6.36. The van der Waals surface area contributed by atoms with Crippen molar-refractivity contribution in [1.29, 1.82) is 0 Å². The van der Waals surface area contributed by atoms with Crippen molar-refractivity contribution in [3.63, 3.8) is 0 Å². The van der Waals surface area contributed by atoms with Crippen LogP contribution in [0, 0.1) is 5.92 Å². The van der Waals surface area contributed by atoms with Crippen molar-refractivity contribution in [1.82, 2.24) is 4.90 Å². The van der Waals surface area contributed by atoms with Gasteiger partial charge in [-0.15, -0.1) is 0 Å². The largest absolute Gasteiger partial charge is 0.397 e. The third kappa shape index (κ3) is 3.38. The van der Waals surface area contributed by atoms with Crippen LogP contribution in [0.25, 0.3) is 0 Å². The Labute approximate surface area is 126 Å². The predicted molar refractivity (Wildman–Crippen MR) is 86.0 cm³/mol. The summed E-state index contributed by atoms with van der Waals surface area (Å²) in [5.41, 5.74) is 7.23. The molecule has 1 aliphatic carbocycles. The molecule has 3 rings (SSSR count). The van der Waals surface area contributed by atoms with E-state index >= 15 is 0 Å². The van der Waals surface area contributed by atoms with Crippen molar-refractivity contribution in [3.8, 4) is 0 Å². The van der Waals surface area contributed by atoms with Gasteiger partial charge in [0.15, 0.2) is 0 Å². The summed E-state index contributed by atoms with van der Waals surface area (Å²) in [5, 5.41) is 2.95. The maximum absolute atomic E-state index is 12.3. The number of benzene rings is 1. The molecule has 4 nitrogen and oxygen atoms in total. The van der Waals surface area contributed by atoms with Crippen molar-refractivity contribution >= 4 is 17.3 Å². The third-order valence-corrected chi connectivity index (χ3v) is 4.94. The van der Waals surface area contributed by atoms with Crippen molar-refractivity contribution in [2.24, 2.45) is 5.92 Å². The lowest BCUT2D eigenvalue weighted by Crippen LogP contribution is -2.49. The topological polar surface area (TPSA) is 58.4 Å². The van der Waals surface area contributed by atoms with E-state index in [9.17, 15) is 4.79 Å². The molecule has 1 saturated carbocycles. The third-order valence-electron chi connectivity index (χ3n) is 4.94. The summed E-state index contributed by atoms with van der Waals surface area (Å²) in [5.74, 6) is 0.862. The molecule has 2 fully saturated rings. The second kappa shape index (κ2) is 6.48. The van der Waals surface area contributed by atoms with Gasteiger partial charge in [0.1, 0.15) is 0 Å². The Bertz CT molecular complexity index is 501. The number of para-hydroxylation sites is 2. The summed E-state index contributed by atoms with van der Waals surface area (Å²) in [6.07, 6.45) is 7.84. The number of nitrogens with two attached hydrogens (primary N) is 1. The molecule has 1 aromatic rings. The molecule has 1 aromatic carbocycles. The van der Waals surface area contributed by atoms with Crippen molar-refractivity contribution in [2.45, 2.75) is 44.6 Å². The van der Waals surface area contributed by atoms with E-state index in [-0.39, 0.29) is 5.91 Å². The number of nitrogens with one attached hydrogen (secondary N) is 1. The van der Waals surface area contributed by atoms with Gasteiger partial charge in [-0.2, -0.15) is 0 Å². The second-order valence-electron chi connectivity index (χ2n) is 6.36. The number of carbonyl (C=O) groups is 1. The molecule has 114 valence electrons. The van der Waals surface area contributed by atoms with E-state index in [1.807, 2.05) is 24.3 Å². The number of nitrogens with zero attached hydrogens (tertiary/aromatic N) is 1. The van der Waals surface area contributed by atoms with Crippen LogP contribution in [-0.4, -0.2) is 29.9 Å². The number of nitrogen functional groups attached to an aromatic ring is 1. The van der Waals surface area contributed by atoms with Gasteiger partial charge in [-0.05, 0) is 50.3 Å². The molecule has 3 N–H and O–H groups in total. The lowest BCUT2D eigenvalue weighted by Gasteiger charge is -2.43. The van der Waals surface area contributed by atoms with Crippen LogP contribution >= 0.6 is 0 Å². The number of hydrogen-bond acceptors (Lipinski definition) is 3. The van der Waals surface area contributed by atoms with Crippen molar-refractivity contribution < 1.29 is 4.79 Å². The van der Waals surface area contributed by atoms with Crippen molar-refractivity contribution in [3.05, 3.63) is 24.3 Å². The van der Waals surface area contributed by atoms with E-state index in [0.717, 1.165) is 18.2 Å². The van der Waals surface area contributed by atoms with Crippen LogP contribution in [0.1, 0.15) is 38.5 Å². The number of piperidine rings is 1. The summed E-state index contributed by atoms with van der Waals surface area (Å²) < 4.78 is 0. The molecule has 21 heavy (non-hydrogen) atoms. The van der Waals surface area contributed by atoms with Crippen LogP contribution in [0.2, 0.25) is 0 Å². The fraction of sp³-hybridized carbons (Fsp3) is 0.588. The van der Waals surface area contributed by atoms with Gasteiger partial charge in [0.05, 0.1) is 17.9 Å². The summed E-state index contributed by atoms with van der Waals surface area (Å²) in [4.78, 5) is 14.7. The monoisotopic (exact) mass is 287 g/mol. The molecule has 1 saturated heterocycles. The number of amides is 1. The van der Waals surface area contributed by atoms with Gasteiger partial charge < -0.3 is 11.1 Å². The quantitative estimate of drug-likeness (QED) is 0.840. The van der Waals surface area contributed by atoms with Crippen LogP contribution < -0.4 is 11.1 Å². The lowest BCUT2D eigenvalue weighted by molar-refractivity contribution is -0.118. The predicted octanol–water partition coefficient (Wildman–Crippen LogP) is 2.86. The molecule has 1 amide bonds. The standard InChI is InChI=1S/C17H25N3O/c18-14-8-2-3-9-15(14)19-17(21)12-20-11-5-7-13-6-1-4-10-16(13)20/h2-3,8-9,13,16H,1,4-7,10-12,18H2,(H,19,21). The number of fused-ring (bicyclic) bond motifs is 1. The average Bonchev–Trinajstić information content (AvgIpc) is 2.50. The summed E-state index contributed by atoms with van der Waals surface area (Å²) in [7, 11) is 0. The Morgan fingerprint density at radius 1 is 1.19 bits per heavy atom. The maximum atomic E-state index is 12.3. The molecule has 0 aromatic heterocycles. The number of carbonyl (C=O) groups excluding carboxylic acids is 1. The highest BCUT2D eigenvalue weighted by Gasteiger charge is 2.33. The zero-order chi connectivity index (χ0) is 14.7. The fourth-order valence-electron chi connectivity index (χ4n) is 3.91. The minimum atomic E-state index is 0.0547. The van der Waals surface area contributed by atoms with Crippen molar-refractivity contribution in [2.75, 3.05) is 24.1 Å². The SMILES string of the molecule is Nc1ccccc1NC(=O)CN1CCCC2CCCCC21. The number of likely N-dealkylation sites (tertiary alicyclic amines) is 1. The van der Waals surface area contributed by atoms with E-state index in [1.54, 1.807) is 0 Å². The molecule has 0 spiro atoms. The summed E-state index contributed by atoms with van der Waals surface area (Å²) >= 11 is 0. The normalized spacial score (nSPS) is 26.1. The van der Waals surface area contributed by atoms with E-state index in [4.69, 9.17) is 5.73 Å². The van der Waals surface area contributed by atoms with Crippen LogP contribution in [0.3, 0.4) is 0 Å². The average molecular weight is 287 g/mol. The first-order chi connectivity index (χ1) is 10.2. The van der Waals surface area contributed by atoms with Gasteiger partial charge in [0, 0.05) is 6.04 Å². The lowest BCUT2D eigenvalue weighted by atomic mass is 9.78. The smallest absolute Gasteiger partial charge is 0.238 e. The van der Waals surface area contributed by atoms with Gasteiger partial charge in [0.2, 0.25) is 5.91 Å².